The van der Waals surface area contributed by atoms with Gasteiger partial charge in [0, 0.05) is 19.0 Å². The lowest BCUT2D eigenvalue weighted by Gasteiger charge is -2.11. The smallest absolute Gasteiger partial charge is 0.240 e. The molecule has 0 atom stereocenters. The molecular formula is C22H26N4O5S. The average molecular weight is 459 g/mol. The van der Waals surface area contributed by atoms with Gasteiger partial charge >= 0.3 is 0 Å². The van der Waals surface area contributed by atoms with Crippen molar-refractivity contribution in [3.8, 4) is 17.2 Å². The quantitative estimate of drug-likeness (QED) is 0.510. The van der Waals surface area contributed by atoms with Crippen LogP contribution in [-0.2, 0) is 14.8 Å². The van der Waals surface area contributed by atoms with E-state index in [1.54, 1.807) is 4.68 Å². The van der Waals surface area contributed by atoms with Crippen LogP contribution in [0.2, 0.25) is 0 Å². The maximum atomic E-state index is 12.6. The first kappa shape index (κ1) is 23.3. The van der Waals surface area contributed by atoms with E-state index < -0.39 is 10.0 Å². The third-order valence-corrected chi connectivity index (χ3v) is 6.32. The SMILES string of the molecule is COc1ccc(S(=O)(=O)NCCC(=O)Nc2c(C)nn(-c3ccccc3)c2C)cc1OC. The molecule has 1 aromatic heterocycles. The van der Waals surface area contributed by atoms with Crippen LogP contribution in [0.15, 0.2) is 53.4 Å². The zero-order valence-electron chi connectivity index (χ0n) is 18.4. The number of nitrogens with zero attached hydrogens (tertiary/aromatic N) is 2. The van der Waals surface area contributed by atoms with Gasteiger partial charge in [0.15, 0.2) is 11.5 Å². The van der Waals surface area contributed by atoms with Crippen molar-refractivity contribution in [1.29, 1.82) is 0 Å². The van der Waals surface area contributed by atoms with Crippen molar-refractivity contribution in [1.82, 2.24) is 14.5 Å². The molecule has 10 heteroatoms. The zero-order valence-corrected chi connectivity index (χ0v) is 19.2. The number of sulfonamides is 1. The highest BCUT2D eigenvalue weighted by Crippen LogP contribution is 2.29. The second kappa shape index (κ2) is 9.84. The molecule has 3 aromatic rings. The first-order chi connectivity index (χ1) is 15.3. The number of benzene rings is 2. The Balaban J connectivity index is 1.63. The summed E-state index contributed by atoms with van der Waals surface area (Å²) in [6.45, 7) is 3.61. The summed E-state index contributed by atoms with van der Waals surface area (Å²) in [5.41, 5.74) is 2.96. The van der Waals surface area contributed by atoms with E-state index in [0.29, 0.717) is 22.9 Å². The van der Waals surface area contributed by atoms with Crippen molar-refractivity contribution in [2.24, 2.45) is 0 Å². The van der Waals surface area contributed by atoms with E-state index in [9.17, 15) is 13.2 Å². The lowest BCUT2D eigenvalue weighted by Crippen LogP contribution is -2.28. The number of hydrogen-bond donors (Lipinski definition) is 2. The van der Waals surface area contributed by atoms with E-state index in [1.807, 2.05) is 44.2 Å². The van der Waals surface area contributed by atoms with Gasteiger partial charge in [-0.25, -0.2) is 17.8 Å². The van der Waals surface area contributed by atoms with Crippen LogP contribution in [0.1, 0.15) is 17.8 Å². The Hall–Kier alpha value is -3.37. The van der Waals surface area contributed by atoms with Crippen molar-refractivity contribution in [3.05, 3.63) is 59.9 Å². The predicted octanol–water partition coefficient (Wildman–Crippen LogP) is 2.81. The molecule has 2 N–H and O–H groups in total. The molecule has 0 fully saturated rings. The van der Waals surface area contributed by atoms with Gasteiger partial charge in [-0.15, -0.1) is 0 Å². The van der Waals surface area contributed by atoms with E-state index in [-0.39, 0.29) is 23.8 Å². The number of anilines is 1. The summed E-state index contributed by atoms with van der Waals surface area (Å²) in [4.78, 5) is 12.5. The molecule has 170 valence electrons. The Morgan fingerprint density at radius 1 is 1.03 bits per heavy atom. The lowest BCUT2D eigenvalue weighted by molar-refractivity contribution is -0.116. The minimum atomic E-state index is -3.82. The van der Waals surface area contributed by atoms with Crippen molar-refractivity contribution in [3.63, 3.8) is 0 Å². The number of aromatic nitrogens is 2. The molecule has 0 aliphatic carbocycles. The van der Waals surface area contributed by atoms with Crippen LogP contribution in [0.3, 0.4) is 0 Å². The van der Waals surface area contributed by atoms with Gasteiger partial charge < -0.3 is 14.8 Å². The molecule has 32 heavy (non-hydrogen) atoms. The molecule has 0 saturated carbocycles. The summed E-state index contributed by atoms with van der Waals surface area (Å²) in [7, 11) is -0.922. The van der Waals surface area contributed by atoms with Crippen LogP contribution >= 0.6 is 0 Å². The first-order valence-corrected chi connectivity index (χ1v) is 11.4. The molecule has 3 rings (SSSR count). The van der Waals surface area contributed by atoms with Crippen molar-refractivity contribution >= 4 is 21.6 Å². The van der Waals surface area contributed by atoms with Crippen LogP contribution in [-0.4, -0.2) is 44.9 Å². The van der Waals surface area contributed by atoms with Crippen molar-refractivity contribution < 1.29 is 22.7 Å². The molecule has 1 amide bonds. The Morgan fingerprint density at radius 2 is 1.72 bits per heavy atom. The highest BCUT2D eigenvalue weighted by Gasteiger charge is 2.19. The number of amides is 1. The van der Waals surface area contributed by atoms with Gasteiger partial charge in [-0.3, -0.25) is 4.79 Å². The monoisotopic (exact) mass is 458 g/mol. The predicted molar refractivity (Wildman–Crippen MR) is 121 cm³/mol. The second-order valence-corrected chi connectivity index (χ2v) is 8.77. The Bertz CT molecular complexity index is 1210. The fourth-order valence-electron chi connectivity index (χ4n) is 3.21. The summed E-state index contributed by atoms with van der Waals surface area (Å²) in [6.07, 6.45) is -0.0398. The molecule has 0 radical (unpaired) electrons. The normalized spacial score (nSPS) is 11.2. The summed E-state index contributed by atoms with van der Waals surface area (Å²) in [6, 6.07) is 13.9. The minimum absolute atomic E-state index is 0.0198. The summed E-state index contributed by atoms with van der Waals surface area (Å²) in [5, 5.41) is 7.33. The second-order valence-electron chi connectivity index (χ2n) is 7.01. The fourth-order valence-corrected chi connectivity index (χ4v) is 4.26. The largest absolute Gasteiger partial charge is 0.493 e. The number of carbonyl (C=O) groups is 1. The summed E-state index contributed by atoms with van der Waals surface area (Å²) >= 11 is 0. The number of para-hydroxylation sites is 1. The van der Waals surface area contributed by atoms with Crippen LogP contribution in [0.5, 0.6) is 11.5 Å². The highest BCUT2D eigenvalue weighted by molar-refractivity contribution is 7.89. The van der Waals surface area contributed by atoms with Gasteiger partial charge in [-0.05, 0) is 38.1 Å². The molecule has 2 aromatic carbocycles. The standard InChI is InChI=1S/C22H26N4O5S/c1-15-22(16(2)26(25-15)17-8-6-5-7-9-17)24-21(27)12-13-23-32(28,29)18-10-11-19(30-3)20(14-18)31-4/h5-11,14,23H,12-13H2,1-4H3,(H,24,27). The van der Waals surface area contributed by atoms with Gasteiger partial charge in [0.05, 0.1) is 41.9 Å². The van der Waals surface area contributed by atoms with E-state index >= 15 is 0 Å². The van der Waals surface area contributed by atoms with Gasteiger partial charge in [0.2, 0.25) is 15.9 Å². The van der Waals surface area contributed by atoms with Crippen LogP contribution in [0.25, 0.3) is 5.69 Å². The zero-order chi connectivity index (χ0) is 23.3. The molecule has 0 aliphatic rings. The van der Waals surface area contributed by atoms with Crippen molar-refractivity contribution in [2.45, 2.75) is 25.2 Å². The number of methoxy groups -OCH3 is 2. The van der Waals surface area contributed by atoms with E-state index in [2.05, 4.69) is 15.1 Å². The molecule has 1 heterocycles. The Morgan fingerprint density at radius 3 is 2.38 bits per heavy atom. The van der Waals surface area contributed by atoms with E-state index in [1.165, 1.54) is 32.4 Å². The fraction of sp³-hybridized carbons (Fsp3) is 0.273. The first-order valence-electron chi connectivity index (χ1n) is 9.90. The number of nitrogens with one attached hydrogen (secondary N) is 2. The lowest BCUT2D eigenvalue weighted by atomic mass is 10.2. The van der Waals surface area contributed by atoms with Crippen molar-refractivity contribution in [2.75, 3.05) is 26.1 Å². The van der Waals surface area contributed by atoms with E-state index in [0.717, 1.165) is 11.4 Å². The minimum Gasteiger partial charge on any atom is -0.493 e. The number of carbonyl (C=O) groups excluding carboxylic acids is 1. The molecule has 0 saturated heterocycles. The maximum Gasteiger partial charge on any atom is 0.240 e. The Kier molecular flexibility index (Phi) is 7.16. The third-order valence-electron chi connectivity index (χ3n) is 4.87. The molecule has 0 aliphatic heterocycles. The molecule has 0 unspecified atom stereocenters. The molecule has 9 nitrogen and oxygen atoms in total. The Labute approximate surface area is 187 Å². The van der Waals surface area contributed by atoms with Gasteiger partial charge in [-0.1, -0.05) is 18.2 Å². The van der Waals surface area contributed by atoms with Gasteiger partial charge in [0.1, 0.15) is 0 Å². The van der Waals surface area contributed by atoms with E-state index in [4.69, 9.17) is 9.47 Å². The molecular weight excluding hydrogens is 432 g/mol. The third kappa shape index (κ3) is 5.09. The average Bonchev–Trinajstić information content (AvgIpc) is 3.07. The van der Waals surface area contributed by atoms with Crippen LogP contribution in [0.4, 0.5) is 5.69 Å². The molecule has 0 bridgehead atoms. The summed E-state index contributed by atoms with van der Waals surface area (Å²) in [5.74, 6) is 0.404. The highest BCUT2D eigenvalue weighted by atomic mass is 32.2. The van der Waals surface area contributed by atoms with Crippen LogP contribution < -0.4 is 19.5 Å². The summed E-state index contributed by atoms with van der Waals surface area (Å²) < 4.78 is 39.6. The van der Waals surface area contributed by atoms with Gasteiger partial charge in [0.25, 0.3) is 0 Å². The number of aryl methyl sites for hydroxylation is 1. The number of rotatable bonds is 9. The van der Waals surface area contributed by atoms with Gasteiger partial charge in [-0.2, -0.15) is 5.10 Å². The number of ether oxygens (including phenoxy) is 2. The number of hydrogen-bond acceptors (Lipinski definition) is 6. The maximum absolute atomic E-state index is 12.6. The molecule has 0 spiro atoms. The topological polar surface area (TPSA) is 112 Å². The van der Waals surface area contributed by atoms with Crippen LogP contribution in [0, 0.1) is 13.8 Å².